The second-order valence-electron chi connectivity index (χ2n) is 6.77. The Labute approximate surface area is 141 Å². The van der Waals surface area contributed by atoms with Gasteiger partial charge in [-0.1, -0.05) is 13.8 Å². The van der Waals surface area contributed by atoms with Gasteiger partial charge in [0.1, 0.15) is 11.4 Å². The molecular weight excluding hydrogens is 316 g/mol. The van der Waals surface area contributed by atoms with E-state index in [1.54, 1.807) is 0 Å². The number of amides is 1. The number of halogens is 2. The van der Waals surface area contributed by atoms with Gasteiger partial charge < -0.3 is 14.7 Å². The second-order valence-corrected chi connectivity index (χ2v) is 6.77. The summed E-state index contributed by atoms with van der Waals surface area (Å²) < 4.78 is 33.0. The van der Waals surface area contributed by atoms with Crippen molar-refractivity contribution >= 4 is 5.91 Å². The van der Waals surface area contributed by atoms with Crippen LogP contribution in [0.15, 0.2) is 12.1 Å². The molecule has 0 radical (unpaired) electrons. The Morgan fingerprint density at radius 3 is 2.50 bits per heavy atom. The number of nitrogens with zero attached hydrogens (tertiary/aromatic N) is 1. The summed E-state index contributed by atoms with van der Waals surface area (Å²) >= 11 is 0. The van der Waals surface area contributed by atoms with E-state index >= 15 is 0 Å². The molecule has 4 nitrogen and oxygen atoms in total. The van der Waals surface area contributed by atoms with Gasteiger partial charge in [-0.15, -0.1) is 0 Å². The van der Waals surface area contributed by atoms with Gasteiger partial charge >= 0.3 is 0 Å². The lowest BCUT2D eigenvalue weighted by molar-refractivity contribution is 0.0380. The average Bonchev–Trinajstić information content (AvgIpc) is 2.54. The SMILES string of the molecule is COc1ccc(F)c(C(=O)N2CCC(C(O)CC(C)C)CC2)c1F. The predicted molar refractivity (Wildman–Crippen MR) is 87.0 cm³/mol. The van der Waals surface area contributed by atoms with Crippen LogP contribution in [0.1, 0.15) is 43.5 Å². The number of benzene rings is 1. The second kappa shape index (κ2) is 7.92. The normalized spacial score (nSPS) is 17.2. The molecule has 1 fully saturated rings. The number of likely N-dealkylation sites (tertiary alicyclic amines) is 1. The van der Waals surface area contributed by atoms with Gasteiger partial charge in [-0.25, -0.2) is 8.78 Å². The van der Waals surface area contributed by atoms with E-state index < -0.39 is 29.2 Å². The number of rotatable bonds is 5. The fourth-order valence-corrected chi connectivity index (χ4v) is 3.21. The van der Waals surface area contributed by atoms with Crippen molar-refractivity contribution in [2.45, 2.75) is 39.2 Å². The molecule has 1 amide bonds. The Morgan fingerprint density at radius 2 is 1.96 bits per heavy atom. The van der Waals surface area contributed by atoms with Crippen molar-refractivity contribution < 1.29 is 23.4 Å². The minimum absolute atomic E-state index is 0.122. The van der Waals surface area contributed by atoms with Crippen LogP contribution < -0.4 is 4.74 Å². The third-order valence-corrected chi connectivity index (χ3v) is 4.57. The highest BCUT2D eigenvalue weighted by Crippen LogP contribution is 2.28. The van der Waals surface area contributed by atoms with Crippen LogP contribution in [-0.2, 0) is 0 Å². The van der Waals surface area contributed by atoms with E-state index in [4.69, 9.17) is 4.74 Å². The van der Waals surface area contributed by atoms with Gasteiger partial charge in [-0.3, -0.25) is 4.79 Å². The van der Waals surface area contributed by atoms with E-state index in [-0.39, 0.29) is 11.7 Å². The van der Waals surface area contributed by atoms with Crippen LogP contribution in [-0.4, -0.2) is 42.2 Å². The van der Waals surface area contributed by atoms with Gasteiger partial charge in [0.15, 0.2) is 11.6 Å². The number of carbonyl (C=O) groups is 1. The zero-order chi connectivity index (χ0) is 17.9. The van der Waals surface area contributed by atoms with Crippen LogP contribution in [0.25, 0.3) is 0 Å². The maximum absolute atomic E-state index is 14.2. The summed E-state index contributed by atoms with van der Waals surface area (Å²) in [5.41, 5.74) is -0.574. The average molecular weight is 341 g/mol. The molecule has 0 bridgehead atoms. The van der Waals surface area contributed by atoms with Crippen molar-refractivity contribution in [1.29, 1.82) is 0 Å². The molecule has 0 spiro atoms. The molecule has 6 heteroatoms. The first-order valence-corrected chi connectivity index (χ1v) is 8.34. The summed E-state index contributed by atoms with van der Waals surface area (Å²) in [6, 6.07) is 2.20. The molecule has 0 aromatic heterocycles. The third kappa shape index (κ3) is 4.04. The first kappa shape index (κ1) is 18.6. The van der Waals surface area contributed by atoms with Gasteiger partial charge in [0.25, 0.3) is 5.91 Å². The number of aliphatic hydroxyl groups is 1. The highest BCUT2D eigenvalue weighted by atomic mass is 19.1. The number of methoxy groups -OCH3 is 1. The molecule has 0 saturated carbocycles. The minimum atomic E-state index is -0.968. The number of ether oxygens (including phenoxy) is 1. The van der Waals surface area contributed by atoms with Crippen molar-refractivity contribution in [3.05, 3.63) is 29.3 Å². The predicted octanol–water partition coefficient (Wildman–Crippen LogP) is 3.23. The molecule has 1 atom stereocenters. The van der Waals surface area contributed by atoms with Crippen molar-refractivity contribution in [2.24, 2.45) is 11.8 Å². The highest BCUT2D eigenvalue weighted by Gasteiger charge is 2.31. The van der Waals surface area contributed by atoms with Crippen molar-refractivity contribution in [1.82, 2.24) is 4.90 Å². The molecule has 134 valence electrons. The quantitative estimate of drug-likeness (QED) is 0.894. The first-order valence-electron chi connectivity index (χ1n) is 8.34. The van der Waals surface area contributed by atoms with Crippen LogP contribution in [0.5, 0.6) is 5.75 Å². The number of aliphatic hydroxyl groups excluding tert-OH is 1. The van der Waals surface area contributed by atoms with E-state index in [1.807, 2.05) is 0 Å². The Morgan fingerprint density at radius 1 is 1.33 bits per heavy atom. The zero-order valence-corrected chi connectivity index (χ0v) is 14.4. The molecule has 1 aromatic rings. The van der Waals surface area contributed by atoms with E-state index in [2.05, 4.69) is 13.8 Å². The summed E-state index contributed by atoms with van der Waals surface area (Å²) in [6.07, 6.45) is 1.59. The van der Waals surface area contributed by atoms with Gasteiger partial charge in [0.05, 0.1) is 13.2 Å². The van der Waals surface area contributed by atoms with Crippen LogP contribution in [0.2, 0.25) is 0 Å². The zero-order valence-electron chi connectivity index (χ0n) is 14.4. The van der Waals surface area contributed by atoms with E-state index in [0.717, 1.165) is 18.6 Å². The smallest absolute Gasteiger partial charge is 0.259 e. The number of piperidine rings is 1. The third-order valence-electron chi connectivity index (χ3n) is 4.57. The first-order chi connectivity index (χ1) is 11.3. The van der Waals surface area contributed by atoms with E-state index in [9.17, 15) is 18.7 Å². The molecule has 1 aliphatic rings. The van der Waals surface area contributed by atoms with Crippen molar-refractivity contribution in [3.8, 4) is 5.75 Å². The number of hydrogen-bond donors (Lipinski definition) is 1. The van der Waals surface area contributed by atoms with E-state index in [1.165, 1.54) is 12.0 Å². The lowest BCUT2D eigenvalue weighted by atomic mass is 9.87. The topological polar surface area (TPSA) is 49.8 Å². The Balaban J connectivity index is 2.06. The Kier molecular flexibility index (Phi) is 6.15. The molecule has 0 aliphatic carbocycles. The van der Waals surface area contributed by atoms with Crippen LogP contribution in [0.4, 0.5) is 8.78 Å². The number of carbonyl (C=O) groups excluding carboxylic acids is 1. The van der Waals surface area contributed by atoms with Gasteiger partial charge in [-0.2, -0.15) is 0 Å². The fourth-order valence-electron chi connectivity index (χ4n) is 3.21. The van der Waals surface area contributed by atoms with Crippen LogP contribution in [0.3, 0.4) is 0 Å². The van der Waals surface area contributed by atoms with Crippen molar-refractivity contribution in [3.63, 3.8) is 0 Å². The monoisotopic (exact) mass is 341 g/mol. The van der Waals surface area contributed by atoms with Crippen LogP contribution >= 0.6 is 0 Å². The highest BCUT2D eigenvalue weighted by molar-refractivity contribution is 5.95. The van der Waals surface area contributed by atoms with Gasteiger partial charge in [-0.05, 0) is 43.2 Å². The van der Waals surface area contributed by atoms with Gasteiger partial charge in [0.2, 0.25) is 0 Å². The number of hydrogen-bond acceptors (Lipinski definition) is 3. The standard InChI is InChI=1S/C18H25F2NO3/c1-11(2)10-14(22)12-6-8-21(9-7-12)18(23)16-13(19)4-5-15(24-3)17(16)20/h4-5,11-12,14,22H,6-10H2,1-3H3. The largest absolute Gasteiger partial charge is 0.494 e. The molecule has 1 aliphatic heterocycles. The summed E-state index contributed by atoms with van der Waals surface area (Å²) in [5.74, 6) is -2.15. The molecule has 1 saturated heterocycles. The van der Waals surface area contributed by atoms with Crippen LogP contribution in [0, 0.1) is 23.5 Å². The van der Waals surface area contributed by atoms with Crippen molar-refractivity contribution in [2.75, 3.05) is 20.2 Å². The lowest BCUT2D eigenvalue weighted by Gasteiger charge is -2.35. The molecule has 1 heterocycles. The lowest BCUT2D eigenvalue weighted by Crippen LogP contribution is -2.42. The maximum atomic E-state index is 14.2. The molecule has 1 unspecified atom stereocenters. The Bertz CT molecular complexity index is 584. The summed E-state index contributed by atoms with van der Waals surface area (Å²) in [6.45, 7) is 4.87. The molecule has 1 N–H and O–H groups in total. The molecular formula is C18H25F2NO3. The summed E-state index contributed by atoms with van der Waals surface area (Å²) in [7, 11) is 1.27. The summed E-state index contributed by atoms with van der Waals surface area (Å²) in [4.78, 5) is 13.9. The fraction of sp³-hybridized carbons (Fsp3) is 0.611. The molecule has 24 heavy (non-hydrogen) atoms. The molecule has 2 rings (SSSR count). The Hall–Kier alpha value is -1.69. The van der Waals surface area contributed by atoms with Gasteiger partial charge in [0, 0.05) is 13.1 Å². The molecule has 1 aromatic carbocycles. The minimum Gasteiger partial charge on any atom is -0.494 e. The van der Waals surface area contributed by atoms with E-state index in [0.29, 0.717) is 31.8 Å². The summed E-state index contributed by atoms with van der Waals surface area (Å²) in [5, 5.41) is 10.2. The maximum Gasteiger partial charge on any atom is 0.259 e.